The molecule has 1 heterocycles. The topological polar surface area (TPSA) is 22.1 Å². The van der Waals surface area contributed by atoms with Gasteiger partial charge in [-0.25, -0.2) is 4.39 Å². The molecule has 0 bridgehead atoms. The number of hydrogen-bond donors (Lipinski definition) is 0. The minimum atomic E-state index is -0.289. The smallest absolute Gasteiger partial charge is 0.141 e. The molecule has 0 atom stereocenters. The quantitative estimate of drug-likeness (QED) is 0.669. The summed E-state index contributed by atoms with van der Waals surface area (Å²) >= 11 is 8.53. The summed E-state index contributed by atoms with van der Waals surface area (Å²) in [6, 6.07) is 2.91. The number of halogens is 3. The molecule has 6 heteroatoms. The molecular formula is C5H4Cl2FNOSe. The summed E-state index contributed by atoms with van der Waals surface area (Å²) in [6.45, 7) is 0. The van der Waals surface area contributed by atoms with Gasteiger partial charge in [0, 0.05) is 23.3 Å². The predicted molar refractivity (Wildman–Crippen MR) is 42.7 cm³/mol. The van der Waals surface area contributed by atoms with Crippen LogP contribution in [0.4, 0.5) is 4.39 Å². The fraction of sp³-hybridized carbons (Fsp3) is 0. The summed E-state index contributed by atoms with van der Waals surface area (Å²) in [5, 5.41) is 0. The maximum atomic E-state index is 11.8. The van der Waals surface area contributed by atoms with E-state index in [1.807, 2.05) is 0 Å². The van der Waals surface area contributed by atoms with Gasteiger partial charge in [0.15, 0.2) is 0 Å². The SMILES string of the molecule is ClOCl.Fc1cccnc1.[Se]. The van der Waals surface area contributed by atoms with Crippen LogP contribution < -0.4 is 0 Å². The van der Waals surface area contributed by atoms with E-state index in [-0.39, 0.29) is 22.9 Å². The molecule has 0 saturated carbocycles. The largest absolute Gasteiger partial charge is 0.262 e. The van der Waals surface area contributed by atoms with Crippen molar-refractivity contribution in [1.82, 2.24) is 4.98 Å². The zero-order valence-corrected chi connectivity index (χ0v) is 8.43. The zero-order chi connectivity index (χ0) is 7.82. The molecule has 0 N–H and O–H groups in total. The van der Waals surface area contributed by atoms with Gasteiger partial charge in [0.05, 0.1) is 29.9 Å². The zero-order valence-electron chi connectivity index (χ0n) is 5.21. The van der Waals surface area contributed by atoms with Crippen LogP contribution in [0.2, 0.25) is 0 Å². The molecule has 2 nitrogen and oxygen atoms in total. The molecule has 0 aliphatic rings. The van der Waals surface area contributed by atoms with Crippen LogP contribution in [0.1, 0.15) is 0 Å². The molecule has 62 valence electrons. The van der Waals surface area contributed by atoms with Gasteiger partial charge < -0.3 is 0 Å². The number of hydrogen-bond acceptors (Lipinski definition) is 2. The van der Waals surface area contributed by atoms with Crippen molar-refractivity contribution in [2.24, 2.45) is 0 Å². The number of pyridine rings is 1. The Hall–Kier alpha value is 0.139. The van der Waals surface area contributed by atoms with Crippen LogP contribution in [-0.4, -0.2) is 22.1 Å². The van der Waals surface area contributed by atoms with E-state index in [0.29, 0.717) is 0 Å². The number of rotatable bonds is 0. The van der Waals surface area contributed by atoms with Gasteiger partial charge in [-0.2, -0.15) is 3.84 Å². The molecule has 1 aromatic heterocycles. The Morgan fingerprint density at radius 3 is 2.18 bits per heavy atom. The monoisotopic (exact) mass is 263 g/mol. The average Bonchev–Trinajstić information content (AvgIpc) is 1.91. The molecule has 2 radical (unpaired) electrons. The third-order valence-corrected chi connectivity index (χ3v) is 0.625. The summed E-state index contributed by atoms with van der Waals surface area (Å²) in [5.41, 5.74) is 0. The van der Waals surface area contributed by atoms with Crippen LogP contribution in [0.25, 0.3) is 0 Å². The summed E-state index contributed by atoms with van der Waals surface area (Å²) in [5.74, 6) is -0.289. The Balaban J connectivity index is 0. The first-order valence-electron chi connectivity index (χ1n) is 2.26. The third kappa shape index (κ3) is 10.1. The van der Waals surface area contributed by atoms with Crippen LogP contribution in [0.15, 0.2) is 24.5 Å². The maximum Gasteiger partial charge on any atom is 0.141 e. The Morgan fingerprint density at radius 1 is 1.45 bits per heavy atom. The van der Waals surface area contributed by atoms with Crippen molar-refractivity contribution < 1.29 is 8.23 Å². The summed E-state index contributed by atoms with van der Waals surface area (Å²) in [4.78, 5) is 3.51. The Bertz CT molecular complexity index is 166. The van der Waals surface area contributed by atoms with Gasteiger partial charge >= 0.3 is 0 Å². The van der Waals surface area contributed by atoms with Gasteiger partial charge in [-0.1, -0.05) is 0 Å². The molecule has 0 fully saturated rings. The van der Waals surface area contributed by atoms with E-state index in [1.165, 1.54) is 18.5 Å². The molecule has 0 aromatic carbocycles. The van der Waals surface area contributed by atoms with Gasteiger partial charge in [-0.05, 0) is 12.1 Å². The average molecular weight is 263 g/mol. The summed E-state index contributed by atoms with van der Waals surface area (Å²) < 4.78 is 15.0. The Kier molecular flexibility index (Phi) is 12.6. The first kappa shape index (κ1) is 13.7. The van der Waals surface area contributed by atoms with E-state index in [1.54, 1.807) is 6.07 Å². The molecule has 0 amide bonds. The van der Waals surface area contributed by atoms with Crippen LogP contribution in [0.3, 0.4) is 0 Å². The second kappa shape index (κ2) is 10.1. The molecule has 11 heavy (non-hydrogen) atoms. The van der Waals surface area contributed by atoms with Crippen LogP contribution in [-0.2, 0) is 3.84 Å². The minimum absolute atomic E-state index is 0. The molecule has 1 aromatic rings. The third-order valence-electron chi connectivity index (χ3n) is 0.625. The standard InChI is InChI=1S/C5H4FN.Cl2O.Se/c6-5-2-1-3-7-4-5;1-3-2;/h1-4H;;. The number of nitrogens with zero attached hydrogens (tertiary/aromatic N) is 1. The normalized spacial score (nSPS) is 7.18. The Morgan fingerprint density at radius 2 is 2.00 bits per heavy atom. The molecule has 0 spiro atoms. The Labute approximate surface area is 84.5 Å². The van der Waals surface area contributed by atoms with Crippen LogP contribution in [0.5, 0.6) is 0 Å². The van der Waals surface area contributed by atoms with Crippen molar-refractivity contribution in [2.45, 2.75) is 0 Å². The molecule has 0 aliphatic carbocycles. The summed E-state index contributed by atoms with van der Waals surface area (Å²) in [6.07, 6.45) is 2.70. The van der Waals surface area contributed by atoms with Crippen molar-refractivity contribution in [1.29, 1.82) is 0 Å². The van der Waals surface area contributed by atoms with Crippen molar-refractivity contribution >= 4 is 40.8 Å². The maximum absolute atomic E-state index is 11.8. The van der Waals surface area contributed by atoms with Crippen LogP contribution >= 0.6 is 23.7 Å². The van der Waals surface area contributed by atoms with E-state index in [2.05, 4.69) is 32.6 Å². The predicted octanol–water partition coefficient (Wildman–Crippen LogP) is 2.15. The van der Waals surface area contributed by atoms with Gasteiger partial charge in [-0.3, -0.25) is 4.98 Å². The van der Waals surface area contributed by atoms with Crippen LogP contribution in [0, 0.1) is 5.82 Å². The molecule has 0 saturated heterocycles. The molecule has 1 rings (SSSR count). The van der Waals surface area contributed by atoms with Crippen molar-refractivity contribution in [3.8, 4) is 0 Å². The van der Waals surface area contributed by atoms with E-state index in [9.17, 15) is 4.39 Å². The second-order valence-corrected chi connectivity index (χ2v) is 1.70. The number of aromatic nitrogens is 1. The van der Waals surface area contributed by atoms with Crippen molar-refractivity contribution in [3.05, 3.63) is 30.3 Å². The van der Waals surface area contributed by atoms with E-state index >= 15 is 0 Å². The summed E-state index contributed by atoms with van der Waals surface area (Å²) in [7, 11) is 0. The first-order chi connectivity index (χ1) is 4.81. The minimum Gasteiger partial charge on any atom is -0.262 e. The fourth-order valence-corrected chi connectivity index (χ4v) is 0.342. The van der Waals surface area contributed by atoms with Gasteiger partial charge in [0.25, 0.3) is 0 Å². The van der Waals surface area contributed by atoms with Gasteiger partial charge in [0.2, 0.25) is 0 Å². The second-order valence-electron chi connectivity index (χ2n) is 1.23. The van der Waals surface area contributed by atoms with Crippen molar-refractivity contribution in [3.63, 3.8) is 0 Å². The molecule has 0 unspecified atom stereocenters. The van der Waals surface area contributed by atoms with E-state index < -0.39 is 0 Å². The van der Waals surface area contributed by atoms with Gasteiger partial charge in [0.1, 0.15) is 5.82 Å². The van der Waals surface area contributed by atoms with Gasteiger partial charge in [-0.15, -0.1) is 0 Å². The molecule has 0 aliphatic heterocycles. The van der Waals surface area contributed by atoms with E-state index in [4.69, 9.17) is 0 Å². The van der Waals surface area contributed by atoms with Crippen molar-refractivity contribution in [2.75, 3.05) is 0 Å². The van der Waals surface area contributed by atoms with E-state index in [0.717, 1.165) is 0 Å². The fourth-order valence-electron chi connectivity index (χ4n) is 0.342. The first-order valence-corrected chi connectivity index (χ1v) is 2.88. The molecular weight excluding hydrogens is 259 g/mol.